The van der Waals surface area contributed by atoms with Crippen LogP contribution in [0.5, 0.6) is 0 Å². The fourth-order valence-electron chi connectivity index (χ4n) is 1.53. The van der Waals surface area contributed by atoms with E-state index in [1.54, 1.807) is 12.1 Å². The third-order valence-electron chi connectivity index (χ3n) is 2.88. The van der Waals surface area contributed by atoms with Gasteiger partial charge in [-0.1, -0.05) is 37.0 Å². The molecule has 86 valence electrons. The van der Waals surface area contributed by atoms with Gasteiger partial charge in [0.1, 0.15) is 10.3 Å². The molecule has 1 saturated carbocycles. The minimum Gasteiger partial charge on any atom is -0.349 e. The monoisotopic (exact) mass is 258 g/mol. The minimum atomic E-state index is -0.190. The van der Waals surface area contributed by atoms with Gasteiger partial charge in [-0.3, -0.25) is 4.79 Å². The highest BCUT2D eigenvalue weighted by molar-refractivity contribution is 6.34. The lowest BCUT2D eigenvalue weighted by molar-refractivity contribution is 0.0946. The van der Waals surface area contributed by atoms with Crippen LogP contribution in [-0.4, -0.2) is 16.9 Å². The number of rotatable bonds is 2. The Bertz CT molecular complexity index is 446. The average molecular weight is 259 g/mol. The first-order valence-electron chi connectivity index (χ1n) is 5.03. The first-order chi connectivity index (χ1) is 7.40. The second kappa shape index (κ2) is 3.90. The lowest BCUT2D eigenvalue weighted by Gasteiger charge is -2.07. The van der Waals surface area contributed by atoms with E-state index >= 15 is 0 Å². The number of carbonyl (C=O) groups excluding carboxylic acids is 1. The summed E-state index contributed by atoms with van der Waals surface area (Å²) in [6.45, 7) is 4.22. The molecule has 1 N–H and O–H groups in total. The molecule has 1 aliphatic carbocycles. The van der Waals surface area contributed by atoms with Crippen LogP contribution in [0.15, 0.2) is 12.1 Å². The molecular formula is C11H12Cl2N2O. The van der Waals surface area contributed by atoms with Gasteiger partial charge in [-0.25, -0.2) is 4.98 Å². The maximum absolute atomic E-state index is 11.8. The van der Waals surface area contributed by atoms with E-state index in [1.807, 2.05) is 0 Å². The van der Waals surface area contributed by atoms with E-state index in [1.165, 1.54) is 0 Å². The van der Waals surface area contributed by atoms with Gasteiger partial charge in [-0.05, 0) is 24.0 Å². The number of carbonyl (C=O) groups is 1. The molecule has 3 nitrogen and oxygen atoms in total. The van der Waals surface area contributed by atoms with E-state index in [0.717, 1.165) is 6.42 Å². The molecule has 2 rings (SSSR count). The third kappa shape index (κ3) is 2.30. The summed E-state index contributed by atoms with van der Waals surface area (Å²) >= 11 is 11.5. The zero-order valence-corrected chi connectivity index (χ0v) is 10.6. The molecule has 0 radical (unpaired) electrons. The van der Waals surface area contributed by atoms with Gasteiger partial charge in [0.15, 0.2) is 0 Å². The van der Waals surface area contributed by atoms with Crippen molar-refractivity contribution in [2.75, 3.05) is 0 Å². The Hall–Kier alpha value is -0.800. The minimum absolute atomic E-state index is 0.142. The zero-order chi connectivity index (χ0) is 11.9. The van der Waals surface area contributed by atoms with E-state index in [4.69, 9.17) is 23.2 Å². The molecular weight excluding hydrogens is 247 g/mol. The Kier molecular flexibility index (Phi) is 2.84. The van der Waals surface area contributed by atoms with Crippen molar-refractivity contribution in [3.05, 3.63) is 28.0 Å². The normalized spacial score (nSPS) is 21.6. The second-order valence-electron chi connectivity index (χ2n) is 4.69. The van der Waals surface area contributed by atoms with Gasteiger partial charge < -0.3 is 5.32 Å². The van der Waals surface area contributed by atoms with Gasteiger partial charge >= 0.3 is 0 Å². The molecule has 1 aromatic heterocycles. The molecule has 1 aromatic rings. The Morgan fingerprint density at radius 2 is 2.12 bits per heavy atom. The van der Waals surface area contributed by atoms with Crippen LogP contribution < -0.4 is 5.32 Å². The van der Waals surface area contributed by atoms with Gasteiger partial charge in [0.25, 0.3) is 5.91 Å². The summed E-state index contributed by atoms with van der Waals surface area (Å²) in [6.07, 6.45) is 0.997. The van der Waals surface area contributed by atoms with Crippen LogP contribution in [0, 0.1) is 5.41 Å². The molecule has 16 heavy (non-hydrogen) atoms. The van der Waals surface area contributed by atoms with Gasteiger partial charge in [-0.2, -0.15) is 0 Å². The van der Waals surface area contributed by atoms with Crippen LogP contribution in [-0.2, 0) is 0 Å². The summed E-state index contributed by atoms with van der Waals surface area (Å²) in [5.74, 6) is -0.190. The molecule has 0 bridgehead atoms. The van der Waals surface area contributed by atoms with Gasteiger partial charge in [0.2, 0.25) is 0 Å². The Morgan fingerprint density at radius 1 is 1.50 bits per heavy atom. The number of hydrogen-bond donors (Lipinski definition) is 1. The number of nitrogens with zero attached hydrogens (tertiary/aromatic N) is 1. The van der Waals surface area contributed by atoms with Crippen molar-refractivity contribution in [3.8, 4) is 0 Å². The van der Waals surface area contributed by atoms with Crippen molar-refractivity contribution in [1.29, 1.82) is 0 Å². The first kappa shape index (κ1) is 11.7. The SMILES string of the molecule is CC1(C)CC1NC(=O)c1ccc(Cl)nc1Cl. The van der Waals surface area contributed by atoms with E-state index < -0.39 is 0 Å². The maximum atomic E-state index is 11.8. The fourth-order valence-corrected chi connectivity index (χ4v) is 1.96. The van der Waals surface area contributed by atoms with E-state index in [0.29, 0.717) is 5.56 Å². The molecule has 1 amide bonds. The lowest BCUT2D eigenvalue weighted by Crippen LogP contribution is -2.28. The smallest absolute Gasteiger partial charge is 0.254 e. The van der Waals surface area contributed by atoms with Crippen LogP contribution in [0.4, 0.5) is 0 Å². The Balaban J connectivity index is 2.10. The summed E-state index contributed by atoms with van der Waals surface area (Å²) in [4.78, 5) is 15.7. The number of hydrogen-bond acceptors (Lipinski definition) is 2. The largest absolute Gasteiger partial charge is 0.349 e. The summed E-state index contributed by atoms with van der Waals surface area (Å²) in [5.41, 5.74) is 0.566. The third-order valence-corrected chi connectivity index (χ3v) is 3.38. The van der Waals surface area contributed by atoms with Gasteiger partial charge in [-0.15, -0.1) is 0 Å². The number of amides is 1. The molecule has 0 saturated heterocycles. The van der Waals surface area contributed by atoms with Crippen molar-refractivity contribution in [1.82, 2.24) is 10.3 Å². The quantitative estimate of drug-likeness (QED) is 0.830. The van der Waals surface area contributed by atoms with Crippen LogP contribution >= 0.6 is 23.2 Å². The topological polar surface area (TPSA) is 42.0 Å². The summed E-state index contributed by atoms with van der Waals surface area (Å²) in [5, 5.41) is 3.34. The number of halogens is 2. The maximum Gasteiger partial charge on any atom is 0.254 e. The Morgan fingerprint density at radius 3 is 2.62 bits per heavy atom. The standard InChI is InChI=1S/C11H12Cl2N2O/c1-11(2)5-7(11)14-10(16)6-3-4-8(12)15-9(6)13/h3-4,7H,5H2,1-2H3,(H,14,16). The zero-order valence-electron chi connectivity index (χ0n) is 9.05. The van der Waals surface area contributed by atoms with Crippen molar-refractivity contribution < 1.29 is 4.79 Å². The molecule has 1 aliphatic rings. The van der Waals surface area contributed by atoms with Crippen molar-refractivity contribution >= 4 is 29.1 Å². The summed E-state index contributed by atoms with van der Waals surface area (Å²) in [7, 11) is 0. The van der Waals surface area contributed by atoms with E-state index in [9.17, 15) is 4.79 Å². The fraction of sp³-hybridized carbons (Fsp3) is 0.455. The van der Waals surface area contributed by atoms with E-state index in [2.05, 4.69) is 24.1 Å². The summed E-state index contributed by atoms with van der Waals surface area (Å²) < 4.78 is 0. The molecule has 1 heterocycles. The molecule has 0 aliphatic heterocycles. The van der Waals surface area contributed by atoms with Crippen molar-refractivity contribution in [2.45, 2.75) is 26.3 Å². The van der Waals surface area contributed by atoms with Crippen LogP contribution in [0.1, 0.15) is 30.6 Å². The van der Waals surface area contributed by atoms with Crippen molar-refractivity contribution in [3.63, 3.8) is 0 Å². The molecule has 0 aromatic carbocycles. The number of nitrogens with one attached hydrogen (secondary N) is 1. The second-order valence-corrected chi connectivity index (χ2v) is 5.44. The van der Waals surface area contributed by atoms with Crippen LogP contribution in [0.25, 0.3) is 0 Å². The molecule has 1 atom stereocenters. The molecule has 1 unspecified atom stereocenters. The summed E-state index contributed by atoms with van der Waals surface area (Å²) in [6, 6.07) is 3.37. The predicted octanol–water partition coefficient (Wildman–Crippen LogP) is 2.92. The molecule has 1 fully saturated rings. The highest BCUT2D eigenvalue weighted by Gasteiger charge is 2.46. The predicted molar refractivity (Wildman–Crippen MR) is 63.9 cm³/mol. The highest BCUT2D eigenvalue weighted by atomic mass is 35.5. The van der Waals surface area contributed by atoms with Crippen LogP contribution in [0.2, 0.25) is 10.3 Å². The molecule has 5 heteroatoms. The molecule has 0 spiro atoms. The van der Waals surface area contributed by atoms with Gasteiger partial charge in [0, 0.05) is 6.04 Å². The van der Waals surface area contributed by atoms with E-state index in [-0.39, 0.29) is 27.7 Å². The number of pyridine rings is 1. The van der Waals surface area contributed by atoms with Crippen molar-refractivity contribution in [2.24, 2.45) is 5.41 Å². The van der Waals surface area contributed by atoms with Crippen LogP contribution in [0.3, 0.4) is 0 Å². The highest BCUT2D eigenvalue weighted by Crippen LogP contribution is 2.44. The first-order valence-corrected chi connectivity index (χ1v) is 5.79. The Labute approximate surface area is 104 Å². The average Bonchev–Trinajstić information content (AvgIpc) is 2.72. The lowest BCUT2D eigenvalue weighted by atomic mass is 10.2. The number of aromatic nitrogens is 1. The van der Waals surface area contributed by atoms with Gasteiger partial charge in [0.05, 0.1) is 5.56 Å².